The van der Waals surface area contributed by atoms with Gasteiger partial charge in [-0.3, -0.25) is 9.59 Å². The van der Waals surface area contributed by atoms with Crippen molar-refractivity contribution in [3.05, 3.63) is 0 Å². The molecule has 1 saturated heterocycles. The number of hydrogen-bond acceptors (Lipinski definition) is 6. The average Bonchev–Trinajstić information content (AvgIpc) is 2.35. The Hall–Kier alpha value is -1.30. The molecule has 0 radical (unpaired) electrons. The molecule has 1 rings (SSSR count). The molecule has 120 valence electrons. The van der Waals surface area contributed by atoms with Gasteiger partial charge in [-0.05, 0) is 20.3 Å². The molecule has 21 heavy (non-hydrogen) atoms. The number of carbonyl (C=O) groups is 3. The third kappa shape index (κ3) is 3.48. The first-order valence-electron chi connectivity index (χ1n) is 6.71. The summed E-state index contributed by atoms with van der Waals surface area (Å²) < 4.78 is 15.2. The minimum Gasteiger partial charge on any atom is -0.469 e. The van der Waals surface area contributed by atoms with Gasteiger partial charge in [0.25, 0.3) is 0 Å². The minimum absolute atomic E-state index is 0.138. The summed E-state index contributed by atoms with van der Waals surface area (Å²) in [4.78, 5) is 35.1. The van der Waals surface area contributed by atoms with E-state index in [-0.39, 0.29) is 12.3 Å². The minimum atomic E-state index is -1.38. The van der Waals surface area contributed by atoms with Gasteiger partial charge in [0, 0.05) is 12.8 Å². The lowest BCUT2D eigenvalue weighted by molar-refractivity contribution is -0.217. The number of hydrogen-bond donors (Lipinski definition) is 0. The molecule has 1 heterocycles. The van der Waals surface area contributed by atoms with Crippen molar-refractivity contribution in [2.75, 3.05) is 7.11 Å². The lowest BCUT2D eigenvalue weighted by Crippen LogP contribution is -2.60. The Labute approximate surface area is 129 Å². The molecule has 0 unspecified atom stereocenters. The van der Waals surface area contributed by atoms with Crippen molar-refractivity contribution in [3.8, 4) is 0 Å². The van der Waals surface area contributed by atoms with E-state index in [9.17, 15) is 14.4 Å². The molecule has 1 aliphatic rings. The molecule has 0 amide bonds. The van der Waals surface area contributed by atoms with Crippen molar-refractivity contribution < 1.29 is 28.6 Å². The number of rotatable bonds is 4. The highest BCUT2D eigenvalue weighted by molar-refractivity contribution is 6.21. The lowest BCUT2D eigenvalue weighted by Gasteiger charge is -2.47. The van der Waals surface area contributed by atoms with Crippen LogP contribution in [0, 0.1) is 5.92 Å². The van der Waals surface area contributed by atoms with Gasteiger partial charge in [0.15, 0.2) is 0 Å². The van der Waals surface area contributed by atoms with E-state index in [0.29, 0.717) is 6.42 Å². The Morgan fingerprint density at radius 2 is 2.10 bits per heavy atom. The molecule has 0 aromatic rings. The van der Waals surface area contributed by atoms with Crippen molar-refractivity contribution in [3.63, 3.8) is 0 Å². The van der Waals surface area contributed by atoms with Gasteiger partial charge < -0.3 is 14.2 Å². The highest BCUT2D eigenvalue weighted by Crippen LogP contribution is 2.43. The number of alkyl halides is 1. The molecular weight excluding hydrogens is 300 g/mol. The second-order valence-electron chi connectivity index (χ2n) is 5.63. The first kappa shape index (κ1) is 17.8. The predicted octanol–water partition coefficient (Wildman–Crippen LogP) is 1.82. The summed E-state index contributed by atoms with van der Waals surface area (Å²) in [6, 6.07) is 0. The predicted molar refractivity (Wildman–Crippen MR) is 74.7 cm³/mol. The molecule has 1 fully saturated rings. The van der Waals surface area contributed by atoms with Crippen LogP contribution >= 0.6 is 11.6 Å². The summed E-state index contributed by atoms with van der Waals surface area (Å²) >= 11 is 6.15. The quantitative estimate of drug-likeness (QED) is 0.446. The standard InChI is InChI=1S/C14H21ClO6/c1-8-6-14(9(2)15,7-11(17)19-5)21-12(18)13(8,4)20-10(3)16/h8-9H,6-7H2,1-5H3/t8-,9+,13-,14+/m1/s1. The number of esters is 3. The van der Waals surface area contributed by atoms with E-state index in [1.54, 1.807) is 13.8 Å². The fraction of sp³-hybridized carbons (Fsp3) is 0.786. The van der Waals surface area contributed by atoms with Crippen molar-refractivity contribution in [2.24, 2.45) is 5.92 Å². The summed E-state index contributed by atoms with van der Waals surface area (Å²) in [6.07, 6.45) is 0.155. The second kappa shape index (κ2) is 6.22. The number of halogens is 1. The second-order valence-corrected chi connectivity index (χ2v) is 6.28. The molecule has 4 atom stereocenters. The van der Waals surface area contributed by atoms with Crippen LogP contribution in [-0.2, 0) is 28.6 Å². The normalized spacial score (nSPS) is 33.8. The van der Waals surface area contributed by atoms with Gasteiger partial charge in [0.1, 0.15) is 5.60 Å². The SMILES string of the molecule is COC(=O)C[C@]1([C@H](C)Cl)C[C@@H](C)[C@@](C)(OC(C)=O)C(=O)O1. The van der Waals surface area contributed by atoms with Crippen LogP contribution in [0.1, 0.15) is 40.5 Å². The Balaban J connectivity index is 3.08. The fourth-order valence-electron chi connectivity index (χ4n) is 2.49. The molecule has 0 aromatic heterocycles. The van der Waals surface area contributed by atoms with Crippen molar-refractivity contribution in [1.82, 2.24) is 0 Å². The highest BCUT2D eigenvalue weighted by Gasteiger charge is 2.57. The van der Waals surface area contributed by atoms with Crippen LogP contribution in [0.3, 0.4) is 0 Å². The third-order valence-electron chi connectivity index (χ3n) is 4.05. The fourth-order valence-corrected chi connectivity index (χ4v) is 2.70. The first-order valence-corrected chi connectivity index (χ1v) is 7.15. The van der Waals surface area contributed by atoms with Crippen LogP contribution in [-0.4, -0.2) is 41.6 Å². The van der Waals surface area contributed by atoms with Crippen LogP contribution in [0.25, 0.3) is 0 Å². The van der Waals surface area contributed by atoms with Gasteiger partial charge in [-0.15, -0.1) is 11.6 Å². The largest absolute Gasteiger partial charge is 0.469 e. The molecule has 0 bridgehead atoms. The van der Waals surface area contributed by atoms with Crippen LogP contribution < -0.4 is 0 Å². The summed E-state index contributed by atoms with van der Waals surface area (Å²) in [5.74, 6) is -2.14. The van der Waals surface area contributed by atoms with Gasteiger partial charge in [0.05, 0.1) is 18.9 Å². The summed E-state index contributed by atoms with van der Waals surface area (Å²) in [6.45, 7) is 6.14. The van der Waals surface area contributed by atoms with Crippen LogP contribution in [0.2, 0.25) is 0 Å². The number of methoxy groups -OCH3 is 1. The molecule has 0 aliphatic carbocycles. The Bertz CT molecular complexity index is 449. The van der Waals surface area contributed by atoms with Gasteiger partial charge in [0.2, 0.25) is 5.60 Å². The van der Waals surface area contributed by atoms with Gasteiger partial charge in [-0.25, -0.2) is 4.79 Å². The van der Waals surface area contributed by atoms with E-state index in [1.165, 1.54) is 21.0 Å². The first-order chi connectivity index (χ1) is 9.57. The van der Waals surface area contributed by atoms with Crippen molar-refractivity contribution in [2.45, 2.75) is 57.1 Å². The van der Waals surface area contributed by atoms with Gasteiger partial charge >= 0.3 is 17.9 Å². The van der Waals surface area contributed by atoms with E-state index in [4.69, 9.17) is 21.1 Å². The molecular formula is C14H21ClO6. The van der Waals surface area contributed by atoms with Gasteiger partial charge in [-0.1, -0.05) is 6.92 Å². The zero-order valence-corrected chi connectivity index (χ0v) is 13.7. The monoisotopic (exact) mass is 320 g/mol. The Kier molecular flexibility index (Phi) is 5.25. The molecule has 0 aromatic carbocycles. The lowest BCUT2D eigenvalue weighted by atomic mass is 9.75. The third-order valence-corrected chi connectivity index (χ3v) is 4.44. The Morgan fingerprint density at radius 1 is 1.52 bits per heavy atom. The molecule has 6 nitrogen and oxygen atoms in total. The Morgan fingerprint density at radius 3 is 2.48 bits per heavy atom. The smallest absolute Gasteiger partial charge is 0.351 e. The summed E-state index contributed by atoms with van der Waals surface area (Å²) in [5, 5.41) is -0.593. The highest BCUT2D eigenvalue weighted by atomic mass is 35.5. The van der Waals surface area contributed by atoms with E-state index < -0.39 is 34.5 Å². The molecule has 0 saturated carbocycles. The number of cyclic esters (lactones) is 1. The zero-order chi connectivity index (χ0) is 16.4. The van der Waals surface area contributed by atoms with E-state index >= 15 is 0 Å². The van der Waals surface area contributed by atoms with Crippen molar-refractivity contribution in [1.29, 1.82) is 0 Å². The topological polar surface area (TPSA) is 78.9 Å². The average molecular weight is 321 g/mol. The van der Waals surface area contributed by atoms with Crippen molar-refractivity contribution >= 4 is 29.5 Å². The van der Waals surface area contributed by atoms with Crippen LogP contribution in [0.5, 0.6) is 0 Å². The van der Waals surface area contributed by atoms with Crippen LogP contribution in [0.4, 0.5) is 0 Å². The van der Waals surface area contributed by atoms with E-state index in [1.807, 2.05) is 0 Å². The summed E-state index contributed by atoms with van der Waals surface area (Å²) in [5.41, 5.74) is -2.54. The number of carbonyl (C=O) groups excluding carboxylic acids is 3. The molecule has 0 N–H and O–H groups in total. The number of ether oxygens (including phenoxy) is 3. The van der Waals surface area contributed by atoms with E-state index in [0.717, 1.165) is 0 Å². The van der Waals surface area contributed by atoms with Gasteiger partial charge in [-0.2, -0.15) is 0 Å². The van der Waals surface area contributed by atoms with Crippen LogP contribution in [0.15, 0.2) is 0 Å². The maximum absolute atomic E-state index is 12.3. The maximum Gasteiger partial charge on any atom is 0.351 e. The maximum atomic E-state index is 12.3. The van der Waals surface area contributed by atoms with E-state index in [2.05, 4.69) is 4.74 Å². The molecule has 1 aliphatic heterocycles. The zero-order valence-electron chi connectivity index (χ0n) is 12.9. The molecule has 0 spiro atoms. The molecule has 7 heteroatoms. The summed E-state index contributed by atoms with van der Waals surface area (Å²) in [7, 11) is 1.26.